The third-order valence-corrected chi connectivity index (χ3v) is 6.11. The van der Waals surface area contributed by atoms with E-state index in [1.54, 1.807) is 23.0 Å². The van der Waals surface area contributed by atoms with Crippen molar-refractivity contribution < 1.29 is 13.2 Å². The number of imidazole rings is 1. The Morgan fingerprint density at radius 1 is 1.45 bits per heavy atom. The second-order valence-corrected chi connectivity index (χ2v) is 8.10. The van der Waals surface area contributed by atoms with Crippen molar-refractivity contribution in [2.45, 2.75) is 23.3 Å². The van der Waals surface area contributed by atoms with Crippen molar-refractivity contribution in [3.8, 4) is 0 Å². The van der Waals surface area contributed by atoms with Gasteiger partial charge in [0.05, 0.1) is 6.33 Å². The minimum absolute atomic E-state index is 0.0579. The average molecular weight is 341 g/mol. The van der Waals surface area contributed by atoms with Gasteiger partial charge in [0, 0.05) is 38.4 Å². The molecule has 0 atom stereocenters. The van der Waals surface area contributed by atoms with Crippen LogP contribution in [0.25, 0.3) is 0 Å². The Hall–Kier alpha value is -1.22. The zero-order valence-electron chi connectivity index (χ0n) is 12.4. The topological polar surface area (TPSA) is 73.2 Å². The fourth-order valence-corrected chi connectivity index (χ4v) is 4.61. The van der Waals surface area contributed by atoms with Crippen LogP contribution in [0, 0.1) is 0 Å². The van der Waals surface area contributed by atoms with Crippen LogP contribution in [0.4, 0.5) is 0 Å². The lowest BCUT2D eigenvalue weighted by atomic mass is 9.75. The van der Waals surface area contributed by atoms with E-state index in [0.717, 1.165) is 12.8 Å². The summed E-state index contributed by atoms with van der Waals surface area (Å²) in [4.78, 5) is 3.93. The van der Waals surface area contributed by atoms with Gasteiger partial charge in [-0.05, 0) is 35.2 Å². The molecule has 22 heavy (non-hydrogen) atoms. The van der Waals surface area contributed by atoms with Crippen molar-refractivity contribution in [3.05, 3.63) is 34.9 Å². The van der Waals surface area contributed by atoms with Gasteiger partial charge in [0.2, 0.25) is 0 Å². The van der Waals surface area contributed by atoms with E-state index in [1.807, 2.05) is 5.38 Å². The first kappa shape index (κ1) is 15.7. The van der Waals surface area contributed by atoms with E-state index in [1.165, 1.54) is 18.1 Å². The summed E-state index contributed by atoms with van der Waals surface area (Å²) in [6.07, 6.45) is 4.62. The highest BCUT2D eigenvalue weighted by Crippen LogP contribution is 2.35. The molecule has 1 saturated heterocycles. The maximum atomic E-state index is 12.4. The molecule has 0 spiro atoms. The molecule has 0 amide bonds. The van der Waals surface area contributed by atoms with Crippen LogP contribution in [0.15, 0.2) is 34.4 Å². The second-order valence-electron chi connectivity index (χ2n) is 5.61. The number of rotatable bonds is 5. The van der Waals surface area contributed by atoms with Gasteiger partial charge in [-0.15, -0.1) is 0 Å². The largest absolute Gasteiger partial charge is 0.381 e. The molecule has 2 aromatic rings. The maximum Gasteiger partial charge on any atom is 0.259 e. The molecule has 1 fully saturated rings. The summed E-state index contributed by atoms with van der Waals surface area (Å²) in [5, 5.41) is 4.18. The third kappa shape index (κ3) is 3.10. The van der Waals surface area contributed by atoms with E-state index in [0.29, 0.717) is 19.8 Å². The molecule has 6 nitrogen and oxygen atoms in total. The summed E-state index contributed by atoms with van der Waals surface area (Å²) in [7, 11) is -1.84. The number of hydrogen-bond acceptors (Lipinski definition) is 5. The van der Waals surface area contributed by atoms with Crippen molar-refractivity contribution in [2.75, 3.05) is 19.8 Å². The van der Waals surface area contributed by atoms with E-state index in [9.17, 15) is 8.42 Å². The summed E-state index contributed by atoms with van der Waals surface area (Å²) < 4.78 is 34.6. The van der Waals surface area contributed by atoms with E-state index in [2.05, 4.69) is 21.2 Å². The van der Waals surface area contributed by atoms with E-state index in [4.69, 9.17) is 4.74 Å². The molecule has 3 heterocycles. The normalized spacial score (nSPS) is 18.4. The number of ether oxygens (including phenoxy) is 1. The molecule has 0 aromatic carbocycles. The van der Waals surface area contributed by atoms with Crippen LogP contribution in [0.5, 0.6) is 0 Å². The Kier molecular flexibility index (Phi) is 4.35. The Morgan fingerprint density at radius 3 is 2.82 bits per heavy atom. The van der Waals surface area contributed by atoms with Crippen LogP contribution >= 0.6 is 11.3 Å². The molecule has 1 aliphatic heterocycles. The Labute approximate surface area is 134 Å². The highest BCUT2D eigenvalue weighted by atomic mass is 32.2. The van der Waals surface area contributed by atoms with Gasteiger partial charge in [0.15, 0.2) is 5.03 Å². The van der Waals surface area contributed by atoms with Gasteiger partial charge in [-0.2, -0.15) is 11.3 Å². The zero-order chi connectivity index (χ0) is 15.6. The lowest BCUT2D eigenvalue weighted by Crippen LogP contribution is -2.44. The fourth-order valence-electron chi connectivity index (χ4n) is 2.73. The number of aromatic nitrogens is 2. The highest BCUT2D eigenvalue weighted by Gasteiger charge is 2.36. The molecule has 8 heteroatoms. The molecule has 0 aliphatic carbocycles. The maximum absolute atomic E-state index is 12.4. The lowest BCUT2D eigenvalue weighted by Gasteiger charge is -2.37. The first-order chi connectivity index (χ1) is 10.5. The summed E-state index contributed by atoms with van der Waals surface area (Å²) in [5.41, 5.74) is 0.990. The molecular weight excluding hydrogens is 322 g/mol. The predicted molar refractivity (Wildman–Crippen MR) is 84.4 cm³/mol. The summed E-state index contributed by atoms with van der Waals surface area (Å²) >= 11 is 1.63. The van der Waals surface area contributed by atoms with Crippen LogP contribution in [-0.2, 0) is 27.2 Å². The van der Waals surface area contributed by atoms with Crippen LogP contribution in [-0.4, -0.2) is 37.7 Å². The Bertz CT molecular complexity index is 716. The van der Waals surface area contributed by atoms with Crippen LogP contribution in [0.1, 0.15) is 18.4 Å². The quantitative estimate of drug-likeness (QED) is 0.895. The van der Waals surface area contributed by atoms with Crippen molar-refractivity contribution in [3.63, 3.8) is 0 Å². The summed E-state index contributed by atoms with van der Waals surface area (Å²) in [5.74, 6) is 0. The number of hydrogen-bond donors (Lipinski definition) is 1. The molecule has 120 valence electrons. The van der Waals surface area contributed by atoms with Gasteiger partial charge >= 0.3 is 0 Å². The molecule has 0 unspecified atom stereocenters. The highest BCUT2D eigenvalue weighted by molar-refractivity contribution is 7.89. The first-order valence-corrected chi connectivity index (χ1v) is 9.53. The van der Waals surface area contributed by atoms with Gasteiger partial charge in [-0.25, -0.2) is 18.1 Å². The number of nitrogens with zero attached hydrogens (tertiary/aromatic N) is 2. The molecule has 0 radical (unpaired) electrons. The van der Waals surface area contributed by atoms with Gasteiger partial charge in [0.1, 0.15) is 0 Å². The van der Waals surface area contributed by atoms with Crippen molar-refractivity contribution >= 4 is 21.4 Å². The molecule has 2 aromatic heterocycles. The van der Waals surface area contributed by atoms with Gasteiger partial charge < -0.3 is 9.30 Å². The summed E-state index contributed by atoms with van der Waals surface area (Å²) in [6.45, 7) is 1.67. The Balaban J connectivity index is 1.80. The zero-order valence-corrected chi connectivity index (χ0v) is 14.0. The number of thiophene rings is 1. The minimum atomic E-state index is -3.59. The lowest BCUT2D eigenvalue weighted by molar-refractivity contribution is 0.0518. The number of sulfonamides is 1. The SMILES string of the molecule is Cn1cnc(S(=O)(=O)NCC2(c3ccsc3)CCOCC2)c1. The van der Waals surface area contributed by atoms with Crippen molar-refractivity contribution in [1.29, 1.82) is 0 Å². The van der Waals surface area contributed by atoms with Crippen LogP contribution in [0.2, 0.25) is 0 Å². The molecule has 0 saturated carbocycles. The van der Waals surface area contributed by atoms with E-state index in [-0.39, 0.29) is 10.4 Å². The molecular formula is C14H19N3O3S2. The second kappa shape index (κ2) is 6.11. The standard InChI is InChI=1S/C14H19N3O3S2/c1-17-8-13(15-11-17)22(18,19)16-10-14(3-5-20-6-4-14)12-2-7-21-9-12/h2,7-9,11,16H,3-6,10H2,1H3. The number of nitrogens with one attached hydrogen (secondary N) is 1. The number of aryl methyl sites for hydroxylation is 1. The van der Waals surface area contributed by atoms with E-state index >= 15 is 0 Å². The average Bonchev–Trinajstić information content (AvgIpc) is 3.18. The smallest absolute Gasteiger partial charge is 0.259 e. The van der Waals surface area contributed by atoms with Crippen molar-refractivity contribution in [1.82, 2.24) is 14.3 Å². The fraction of sp³-hybridized carbons (Fsp3) is 0.500. The van der Waals surface area contributed by atoms with Gasteiger partial charge in [0.25, 0.3) is 10.0 Å². The predicted octanol–water partition coefficient (Wildman–Crippen LogP) is 1.51. The van der Waals surface area contributed by atoms with E-state index < -0.39 is 10.0 Å². The monoisotopic (exact) mass is 341 g/mol. The van der Waals surface area contributed by atoms with Crippen LogP contribution < -0.4 is 4.72 Å². The molecule has 1 N–H and O–H groups in total. The third-order valence-electron chi connectivity index (χ3n) is 4.14. The van der Waals surface area contributed by atoms with Gasteiger partial charge in [-0.3, -0.25) is 0 Å². The molecule has 1 aliphatic rings. The molecule has 3 rings (SSSR count). The Morgan fingerprint density at radius 2 is 2.23 bits per heavy atom. The first-order valence-electron chi connectivity index (χ1n) is 7.10. The van der Waals surface area contributed by atoms with Gasteiger partial charge in [-0.1, -0.05) is 0 Å². The summed E-state index contributed by atoms with van der Waals surface area (Å²) in [6, 6.07) is 2.07. The van der Waals surface area contributed by atoms with Crippen LogP contribution in [0.3, 0.4) is 0 Å². The minimum Gasteiger partial charge on any atom is -0.381 e. The van der Waals surface area contributed by atoms with Crippen molar-refractivity contribution in [2.24, 2.45) is 7.05 Å². The molecule has 0 bridgehead atoms.